The van der Waals surface area contributed by atoms with Crippen molar-refractivity contribution < 1.29 is 13.6 Å². The molecule has 1 aromatic carbocycles. The molecule has 0 fully saturated rings. The highest BCUT2D eigenvalue weighted by molar-refractivity contribution is 7.79. The largest absolute Gasteiger partial charge is 0.768 e. The van der Waals surface area contributed by atoms with E-state index in [1.54, 1.807) is 12.1 Å². The minimum absolute atomic E-state index is 0.0605. The summed E-state index contributed by atoms with van der Waals surface area (Å²) < 4.78 is 21.9. The first-order valence-electron chi connectivity index (χ1n) is 4.56. The molecule has 0 saturated carbocycles. The van der Waals surface area contributed by atoms with Crippen molar-refractivity contribution in [2.45, 2.75) is 4.90 Å². The number of hydrogen-bond donors (Lipinski definition) is 1. The van der Waals surface area contributed by atoms with E-state index in [-0.39, 0.29) is 16.5 Å². The first kappa shape index (κ1) is 11.9. The molecule has 1 N–H and O–H groups in total. The summed E-state index contributed by atoms with van der Waals surface area (Å²) >= 11 is -1.19. The normalized spacial score (nSPS) is 12.1. The maximum atomic E-state index is 11.7. The van der Waals surface area contributed by atoms with Crippen molar-refractivity contribution in [1.29, 1.82) is 0 Å². The number of benzene rings is 1. The zero-order valence-corrected chi connectivity index (χ0v) is 10.1. The molecule has 0 saturated heterocycles. The second-order valence-corrected chi connectivity index (χ2v) is 4.85. The first-order valence-corrected chi connectivity index (χ1v) is 6.52. The summed E-state index contributed by atoms with van der Waals surface area (Å²) in [6, 6.07) is 6.20. The smallest absolute Gasteiger partial charge is 0.267 e. The van der Waals surface area contributed by atoms with Gasteiger partial charge in [0, 0.05) is 4.90 Å². The molecule has 0 aliphatic rings. The van der Waals surface area contributed by atoms with E-state index >= 15 is 0 Å². The van der Waals surface area contributed by atoms with Crippen molar-refractivity contribution >= 4 is 34.0 Å². The van der Waals surface area contributed by atoms with E-state index in [2.05, 4.69) is 10.3 Å². The Bertz CT molecular complexity index is 554. The Morgan fingerprint density at radius 1 is 1.41 bits per heavy atom. The summed E-state index contributed by atoms with van der Waals surface area (Å²) in [6.07, 6.45) is 1.43. The molecular weight excluding hydrogens is 260 g/mol. The van der Waals surface area contributed by atoms with Gasteiger partial charge in [-0.05, 0) is 23.2 Å². The fraction of sp³-hybridized carbons (Fsp3) is 0. The molecule has 0 radical (unpaired) electrons. The second kappa shape index (κ2) is 5.17. The van der Waals surface area contributed by atoms with Crippen LogP contribution in [0.3, 0.4) is 0 Å². The number of carbonyl (C=O) groups is 1. The number of carbonyl (C=O) groups excluding carboxylic acids is 1. The molecule has 0 aliphatic heterocycles. The Balaban J connectivity index is 2.25. The average molecular weight is 267 g/mol. The van der Waals surface area contributed by atoms with E-state index in [1.807, 2.05) is 0 Å². The van der Waals surface area contributed by atoms with E-state index in [0.717, 1.165) is 0 Å². The third-order valence-corrected chi connectivity index (χ3v) is 3.46. The molecule has 1 amide bonds. The maximum absolute atomic E-state index is 11.7. The molecule has 1 heterocycles. The Hall–Kier alpha value is -1.57. The van der Waals surface area contributed by atoms with Gasteiger partial charge in [0.25, 0.3) is 5.91 Å². The van der Waals surface area contributed by atoms with E-state index < -0.39 is 11.1 Å². The molecule has 0 bridgehead atoms. The third kappa shape index (κ3) is 2.76. The summed E-state index contributed by atoms with van der Waals surface area (Å²) in [7, 11) is 0. The standard InChI is InChI=1S/C10H8N2O3S2/c13-10(8-5-11-6-16-8)12-7-3-1-2-4-9(7)17(14)15/h1-6H,(H,12,13)(H,14,15)/p-1. The first-order chi connectivity index (χ1) is 8.18. The lowest BCUT2D eigenvalue weighted by molar-refractivity contribution is 0.103. The number of amides is 1. The van der Waals surface area contributed by atoms with Gasteiger partial charge in [-0.25, -0.2) is 0 Å². The van der Waals surface area contributed by atoms with Gasteiger partial charge in [0.1, 0.15) is 4.88 Å². The molecule has 2 rings (SSSR count). The topological polar surface area (TPSA) is 82.1 Å². The minimum Gasteiger partial charge on any atom is -0.768 e. The van der Waals surface area contributed by atoms with Crippen molar-refractivity contribution in [2.24, 2.45) is 0 Å². The van der Waals surface area contributed by atoms with Crippen LogP contribution in [0, 0.1) is 0 Å². The highest BCUT2D eigenvalue weighted by Crippen LogP contribution is 2.19. The molecule has 0 aliphatic carbocycles. The van der Waals surface area contributed by atoms with Gasteiger partial charge >= 0.3 is 0 Å². The Morgan fingerprint density at radius 3 is 2.82 bits per heavy atom. The van der Waals surface area contributed by atoms with Crippen LogP contribution >= 0.6 is 11.3 Å². The van der Waals surface area contributed by atoms with Crippen molar-refractivity contribution in [1.82, 2.24) is 4.98 Å². The quantitative estimate of drug-likeness (QED) is 0.857. The molecule has 1 unspecified atom stereocenters. The number of nitrogens with zero attached hydrogens (tertiary/aromatic N) is 1. The molecule has 17 heavy (non-hydrogen) atoms. The van der Waals surface area contributed by atoms with Gasteiger partial charge in [-0.3, -0.25) is 14.0 Å². The lowest BCUT2D eigenvalue weighted by Crippen LogP contribution is -2.12. The highest BCUT2D eigenvalue weighted by Gasteiger charge is 2.10. The van der Waals surface area contributed by atoms with Gasteiger partial charge < -0.3 is 9.87 Å². The summed E-state index contributed by atoms with van der Waals surface area (Å²) in [6.45, 7) is 0. The maximum Gasteiger partial charge on any atom is 0.267 e. The van der Waals surface area contributed by atoms with Gasteiger partial charge in [0.05, 0.1) is 17.4 Å². The lowest BCUT2D eigenvalue weighted by Gasteiger charge is -2.11. The Labute approximate surface area is 104 Å². The monoisotopic (exact) mass is 267 g/mol. The second-order valence-electron chi connectivity index (χ2n) is 3.05. The summed E-state index contributed by atoms with van der Waals surface area (Å²) in [5.41, 5.74) is 1.80. The Morgan fingerprint density at radius 2 is 2.18 bits per heavy atom. The van der Waals surface area contributed by atoms with Crippen molar-refractivity contribution in [3.8, 4) is 0 Å². The van der Waals surface area contributed by atoms with Gasteiger partial charge in [-0.1, -0.05) is 12.1 Å². The van der Waals surface area contributed by atoms with Gasteiger partial charge in [-0.15, -0.1) is 11.3 Å². The van der Waals surface area contributed by atoms with Crippen molar-refractivity contribution in [3.05, 3.63) is 40.8 Å². The van der Waals surface area contributed by atoms with Crippen molar-refractivity contribution in [3.63, 3.8) is 0 Å². The van der Waals surface area contributed by atoms with E-state index in [9.17, 15) is 13.6 Å². The number of anilines is 1. The van der Waals surface area contributed by atoms with E-state index in [0.29, 0.717) is 4.88 Å². The predicted octanol–water partition coefficient (Wildman–Crippen LogP) is 1.63. The average Bonchev–Trinajstić information content (AvgIpc) is 2.83. The lowest BCUT2D eigenvalue weighted by atomic mass is 10.3. The molecule has 5 nitrogen and oxygen atoms in total. The fourth-order valence-electron chi connectivity index (χ4n) is 1.23. The van der Waals surface area contributed by atoms with Crippen LogP contribution in [0.1, 0.15) is 9.67 Å². The van der Waals surface area contributed by atoms with E-state index in [1.165, 1.54) is 35.2 Å². The number of hydrogen-bond acceptors (Lipinski definition) is 5. The molecule has 1 atom stereocenters. The minimum atomic E-state index is -2.38. The van der Waals surface area contributed by atoms with Gasteiger partial charge in [-0.2, -0.15) is 0 Å². The van der Waals surface area contributed by atoms with E-state index in [4.69, 9.17) is 0 Å². The van der Waals surface area contributed by atoms with Crippen LogP contribution in [0.2, 0.25) is 0 Å². The zero-order valence-electron chi connectivity index (χ0n) is 8.45. The molecule has 88 valence electrons. The third-order valence-electron chi connectivity index (χ3n) is 1.97. The predicted molar refractivity (Wildman–Crippen MR) is 63.7 cm³/mol. The summed E-state index contributed by atoms with van der Waals surface area (Å²) in [5.74, 6) is -0.370. The number of nitrogens with one attached hydrogen (secondary N) is 1. The fourth-order valence-corrected chi connectivity index (χ4v) is 2.23. The van der Waals surface area contributed by atoms with Crippen LogP contribution in [0.5, 0.6) is 0 Å². The molecule has 2 aromatic rings. The summed E-state index contributed by atoms with van der Waals surface area (Å²) in [4.78, 5) is 16.0. The van der Waals surface area contributed by atoms with Crippen LogP contribution in [0.4, 0.5) is 5.69 Å². The number of thiazole rings is 1. The summed E-state index contributed by atoms with van der Waals surface area (Å²) in [5, 5.41) is 2.53. The highest BCUT2D eigenvalue weighted by atomic mass is 32.2. The van der Waals surface area contributed by atoms with Crippen molar-refractivity contribution in [2.75, 3.05) is 5.32 Å². The number of rotatable bonds is 3. The molecule has 0 spiro atoms. The number of para-hydroxylation sites is 1. The van der Waals surface area contributed by atoms with Crippen LogP contribution in [0.15, 0.2) is 40.9 Å². The molecule has 7 heteroatoms. The molecular formula is C10H7N2O3S2-. The number of aromatic nitrogens is 1. The SMILES string of the molecule is O=C(Nc1ccccc1S(=O)[O-])c1cncs1. The van der Waals surface area contributed by atoms with Crippen LogP contribution in [-0.4, -0.2) is 19.7 Å². The van der Waals surface area contributed by atoms with Crippen LogP contribution < -0.4 is 5.32 Å². The van der Waals surface area contributed by atoms with Crippen LogP contribution in [-0.2, 0) is 11.1 Å². The molecule has 1 aromatic heterocycles. The van der Waals surface area contributed by atoms with Gasteiger partial charge in [0.15, 0.2) is 0 Å². The van der Waals surface area contributed by atoms with Gasteiger partial charge in [0.2, 0.25) is 0 Å². The Kier molecular flexibility index (Phi) is 3.62. The zero-order chi connectivity index (χ0) is 12.3. The van der Waals surface area contributed by atoms with Crippen LogP contribution in [0.25, 0.3) is 0 Å².